The number of aromatic amines is 1. The Morgan fingerprint density at radius 1 is 1.21 bits per heavy atom. The van der Waals surface area contributed by atoms with E-state index in [0.29, 0.717) is 51.6 Å². The van der Waals surface area contributed by atoms with Crippen LogP contribution in [0.5, 0.6) is 17.2 Å². The molecule has 47 heavy (non-hydrogen) atoms. The van der Waals surface area contributed by atoms with Gasteiger partial charge in [0.15, 0.2) is 11.5 Å². The molecular weight excluding hydrogens is 625 g/mol. The lowest BCUT2D eigenvalue weighted by Gasteiger charge is -2.33. The number of amides is 2. The topological polar surface area (TPSA) is 156 Å². The minimum Gasteiger partial charge on any atom is -0.758 e. The van der Waals surface area contributed by atoms with Crippen LogP contribution < -0.4 is 19.5 Å². The minimum atomic E-state index is -4.16. The van der Waals surface area contributed by atoms with Crippen molar-refractivity contribution in [2.45, 2.75) is 37.5 Å². The Kier molecular flexibility index (Phi) is 7.72. The summed E-state index contributed by atoms with van der Waals surface area (Å²) >= 11 is 0. The number of hydroxylamine groups is 2. The molecule has 0 aliphatic carbocycles. The van der Waals surface area contributed by atoms with Gasteiger partial charge in [0.25, 0.3) is 11.8 Å². The van der Waals surface area contributed by atoms with E-state index in [1.54, 1.807) is 12.1 Å². The smallest absolute Gasteiger partial charge is 0.468 e. The van der Waals surface area contributed by atoms with Crippen molar-refractivity contribution in [3.05, 3.63) is 70.5 Å². The molecule has 2 amide bonds. The summed E-state index contributed by atoms with van der Waals surface area (Å²) in [6.07, 6.45) is -4.09. The van der Waals surface area contributed by atoms with Gasteiger partial charge in [0, 0.05) is 30.4 Å². The number of para-hydroxylation sites is 1. The van der Waals surface area contributed by atoms with Crippen LogP contribution in [0.2, 0.25) is 0 Å². The summed E-state index contributed by atoms with van der Waals surface area (Å²) in [5.41, 5.74) is 2.49. The van der Waals surface area contributed by atoms with Gasteiger partial charge in [-0.15, -0.1) is 0 Å². The number of H-pyrrole nitrogens is 1. The number of imidazole rings is 1. The van der Waals surface area contributed by atoms with Gasteiger partial charge in [-0.25, -0.2) is 4.98 Å². The Balaban J connectivity index is 1.06. The molecule has 4 aliphatic heterocycles. The zero-order valence-electron chi connectivity index (χ0n) is 25.0. The first kappa shape index (κ1) is 30.8. The third-order valence-electron chi connectivity index (χ3n) is 8.54. The van der Waals surface area contributed by atoms with Crippen LogP contribution in [0.4, 0.5) is 13.2 Å². The number of fused-ring (bicyclic) bond motifs is 3. The molecule has 3 N–H and O–H groups in total. The van der Waals surface area contributed by atoms with Crippen LogP contribution in [0.3, 0.4) is 0 Å². The number of piperidine rings is 1. The zero-order valence-corrected chi connectivity index (χ0v) is 25.0. The largest absolute Gasteiger partial charge is 0.758 e. The monoisotopic (exact) mass is 655 g/mol. The molecule has 0 spiro atoms. The van der Waals surface area contributed by atoms with Crippen molar-refractivity contribution >= 4 is 28.4 Å². The molecule has 5 heterocycles. The fraction of sp³-hybridized carbons (Fsp3) is 0.387. The highest BCUT2D eigenvalue weighted by Gasteiger charge is 2.50. The van der Waals surface area contributed by atoms with Crippen LogP contribution in [0.1, 0.15) is 39.4 Å². The number of carbonyl (C=O) groups excluding carboxylic acids is 2. The number of nitrogens with zero attached hydrogens (tertiary/aromatic N) is 4. The number of aliphatic hydroxyl groups is 1. The molecule has 13 nitrogen and oxygen atoms in total. The first-order valence-electron chi connectivity index (χ1n) is 15.0. The lowest BCUT2D eigenvalue weighted by Crippen LogP contribution is -2.46. The predicted molar refractivity (Wildman–Crippen MR) is 160 cm³/mol. The van der Waals surface area contributed by atoms with E-state index in [2.05, 4.69) is 29.7 Å². The number of alkyl halides is 3. The Morgan fingerprint density at radius 2 is 1.96 bits per heavy atom. The molecule has 248 valence electrons. The number of halogens is 3. The average molecular weight is 656 g/mol. The molecule has 4 aliphatic rings. The van der Waals surface area contributed by atoms with Crippen LogP contribution in [-0.2, 0) is 0 Å². The Morgan fingerprint density at radius 3 is 2.72 bits per heavy atom. The molecule has 0 radical (unpaired) electrons. The fourth-order valence-electron chi connectivity index (χ4n) is 6.05. The van der Waals surface area contributed by atoms with Crippen LogP contribution in [0, 0.1) is 5.21 Å². The van der Waals surface area contributed by atoms with E-state index in [1.807, 2.05) is 7.05 Å². The van der Waals surface area contributed by atoms with Crippen molar-refractivity contribution in [2.75, 3.05) is 39.8 Å². The molecule has 0 saturated carbocycles. The van der Waals surface area contributed by atoms with Gasteiger partial charge in [-0.1, -0.05) is 6.07 Å². The third kappa shape index (κ3) is 5.72. The quantitative estimate of drug-likeness (QED) is 0.307. The number of carbonyl (C=O) groups is 2. The normalized spacial score (nSPS) is 21.9. The number of rotatable bonds is 8. The first-order valence-corrected chi connectivity index (χ1v) is 15.0. The van der Waals surface area contributed by atoms with Gasteiger partial charge in [0.05, 0.1) is 22.2 Å². The van der Waals surface area contributed by atoms with Crippen LogP contribution in [0.15, 0.2) is 48.3 Å². The summed E-state index contributed by atoms with van der Waals surface area (Å²) in [6, 6.07) is 6.93. The Labute approximate surface area is 265 Å². The summed E-state index contributed by atoms with van der Waals surface area (Å²) in [5, 5.41) is 26.7. The lowest BCUT2D eigenvalue weighted by molar-refractivity contribution is -0.281. The summed E-state index contributed by atoms with van der Waals surface area (Å²) in [4.78, 5) is 38.0. The van der Waals surface area contributed by atoms with Gasteiger partial charge in [0.1, 0.15) is 18.5 Å². The van der Waals surface area contributed by atoms with E-state index >= 15 is 0 Å². The van der Waals surface area contributed by atoms with Crippen molar-refractivity contribution < 1.29 is 42.1 Å². The van der Waals surface area contributed by atoms with E-state index in [-0.39, 0.29) is 54.6 Å². The van der Waals surface area contributed by atoms with E-state index in [9.17, 15) is 33.1 Å². The van der Waals surface area contributed by atoms with Crippen molar-refractivity contribution in [2.24, 2.45) is 0 Å². The Bertz CT molecular complexity index is 1750. The predicted octanol–water partition coefficient (Wildman–Crippen LogP) is 2.98. The first-order chi connectivity index (χ1) is 22.5. The van der Waals surface area contributed by atoms with E-state index < -0.39 is 24.3 Å². The van der Waals surface area contributed by atoms with Crippen molar-refractivity contribution in [1.82, 2.24) is 30.1 Å². The Hall–Kier alpha value is -4.80. The van der Waals surface area contributed by atoms with Gasteiger partial charge in [-0.05, 0) is 69.5 Å². The molecule has 1 unspecified atom stereocenters. The van der Waals surface area contributed by atoms with E-state index in [0.717, 1.165) is 13.1 Å². The van der Waals surface area contributed by atoms with E-state index in [1.165, 1.54) is 35.4 Å². The standard InChI is InChI=1S/C31H30F3N6O7/c1-38-8-5-16(6-9-38)40-28(42)18-11-22-23(12-19(18)29(40)43)37-27(36-22)20-14-39(44)10-7-21(20)35-13-17(41)15-45-24-3-2-4-25-26(24)46-30(32)31(33,34)47-25/h2-4,7,10-12,16-17,30,35,41H,5-6,8-9,13-15H2,1H3,(H,36,37)/q-1/t17-,30?/m1/s1. The third-order valence-corrected chi connectivity index (χ3v) is 8.54. The fourth-order valence-corrected chi connectivity index (χ4v) is 6.05. The number of likely N-dealkylation sites (tertiary alicyclic amines) is 1. The van der Waals surface area contributed by atoms with Crippen LogP contribution >= 0.6 is 0 Å². The van der Waals surface area contributed by atoms with Crippen molar-refractivity contribution in [3.63, 3.8) is 0 Å². The molecule has 0 bridgehead atoms. The molecular formula is C31H30F3N6O7-. The molecule has 3 aromatic rings. The maximum absolute atomic E-state index is 13.7. The summed E-state index contributed by atoms with van der Waals surface area (Å²) in [5.74, 6) is -1.19. The highest BCUT2D eigenvalue weighted by molar-refractivity contribution is 6.23. The number of benzene rings is 2. The molecule has 2 atom stereocenters. The summed E-state index contributed by atoms with van der Waals surface area (Å²) in [6.45, 7) is 1.12. The highest BCUT2D eigenvalue weighted by atomic mass is 19.3. The molecule has 7 rings (SSSR count). The number of nitrogens with one attached hydrogen (secondary N) is 2. The van der Waals surface area contributed by atoms with Gasteiger partial charge in [-0.3, -0.25) is 14.5 Å². The number of imide groups is 1. The number of allylic oxidation sites excluding steroid dienone is 1. The minimum absolute atomic E-state index is 0.0669. The van der Waals surface area contributed by atoms with Gasteiger partial charge < -0.3 is 44.8 Å². The maximum Gasteiger partial charge on any atom is 0.468 e. The van der Waals surface area contributed by atoms with Gasteiger partial charge >= 0.3 is 12.5 Å². The summed E-state index contributed by atoms with van der Waals surface area (Å²) < 4.78 is 55.4. The average Bonchev–Trinajstić information content (AvgIpc) is 3.56. The van der Waals surface area contributed by atoms with Crippen molar-refractivity contribution in [3.8, 4) is 17.2 Å². The second-order valence-corrected chi connectivity index (χ2v) is 11.8. The molecule has 1 aromatic heterocycles. The molecule has 1 fully saturated rings. The van der Waals surface area contributed by atoms with Gasteiger partial charge in [0.2, 0.25) is 5.75 Å². The molecule has 2 aromatic carbocycles. The number of hydrogen-bond donors (Lipinski definition) is 3. The molecule has 16 heteroatoms. The second kappa shape index (κ2) is 11.8. The maximum atomic E-state index is 13.7. The number of aromatic nitrogens is 2. The lowest BCUT2D eigenvalue weighted by atomic mass is 10.0. The number of aliphatic hydroxyl groups excluding tert-OH is 1. The number of hydrogen-bond acceptors (Lipinski definition) is 11. The van der Waals surface area contributed by atoms with Crippen molar-refractivity contribution in [1.29, 1.82) is 0 Å². The number of ether oxygens (including phenoxy) is 3. The van der Waals surface area contributed by atoms with E-state index in [4.69, 9.17) is 4.74 Å². The van der Waals surface area contributed by atoms with Gasteiger partial charge in [-0.2, -0.15) is 13.2 Å². The highest BCUT2D eigenvalue weighted by Crippen LogP contribution is 2.46. The van der Waals surface area contributed by atoms with Crippen LogP contribution in [0.25, 0.3) is 16.6 Å². The second-order valence-electron chi connectivity index (χ2n) is 11.8. The molecule has 1 saturated heterocycles. The van der Waals surface area contributed by atoms with Crippen LogP contribution in [-0.4, -0.2) is 106 Å². The summed E-state index contributed by atoms with van der Waals surface area (Å²) in [7, 11) is 2.01. The SMILES string of the molecule is CN1CCC(N2C(=O)c3cc4nc(C5=C(NC[C@@H](O)COc6cccc7c6OC(F)C(F)(F)O7)C=CN([O-])C5)[nH]c4cc3C2=O)CC1. The zero-order chi connectivity index (χ0) is 33.0.